The van der Waals surface area contributed by atoms with Crippen molar-refractivity contribution < 1.29 is 9.84 Å². The van der Waals surface area contributed by atoms with Gasteiger partial charge in [-0.2, -0.15) is 0 Å². The van der Waals surface area contributed by atoms with Gasteiger partial charge in [0.25, 0.3) is 0 Å². The predicted octanol–water partition coefficient (Wildman–Crippen LogP) is 7.06. The fourth-order valence-corrected chi connectivity index (χ4v) is 4.91. The van der Waals surface area contributed by atoms with Crippen LogP contribution in [0.1, 0.15) is 0 Å². The fourth-order valence-electron chi connectivity index (χ4n) is 4.43. The Balaban J connectivity index is 1.91. The van der Waals surface area contributed by atoms with Crippen LogP contribution in [0.4, 0.5) is 0 Å². The van der Waals surface area contributed by atoms with Gasteiger partial charge in [-0.1, -0.05) is 84.9 Å². The van der Waals surface area contributed by atoms with Crippen molar-refractivity contribution in [2.45, 2.75) is 0 Å². The van der Waals surface area contributed by atoms with E-state index in [2.05, 4.69) is 57.8 Å². The van der Waals surface area contributed by atoms with Gasteiger partial charge in [0.15, 0.2) is 0 Å². The molecule has 0 aliphatic rings. The molecular formula is C29H23O2P. The number of para-hydroxylation sites is 2. The van der Waals surface area contributed by atoms with Gasteiger partial charge in [-0.15, -0.1) is 9.24 Å². The molecule has 0 spiro atoms. The second-order valence-corrected chi connectivity index (χ2v) is 8.32. The maximum Gasteiger partial charge on any atom is 0.126 e. The number of benzene rings is 5. The van der Waals surface area contributed by atoms with Crippen LogP contribution in [0.2, 0.25) is 0 Å². The van der Waals surface area contributed by atoms with Crippen LogP contribution in [0.25, 0.3) is 44.2 Å². The minimum atomic E-state index is 0.268. The first-order valence-corrected chi connectivity index (χ1v) is 11.1. The summed E-state index contributed by atoms with van der Waals surface area (Å²) in [6.07, 6.45) is 0. The molecule has 0 saturated heterocycles. The topological polar surface area (TPSA) is 29.5 Å². The van der Waals surface area contributed by atoms with Crippen LogP contribution in [-0.2, 0) is 0 Å². The van der Waals surface area contributed by atoms with Crippen molar-refractivity contribution in [3.63, 3.8) is 0 Å². The number of phenolic OH excluding ortho intramolecular Hbond substituents is 1. The molecule has 2 nitrogen and oxygen atoms in total. The van der Waals surface area contributed by atoms with Crippen molar-refractivity contribution in [2.75, 3.05) is 7.11 Å². The van der Waals surface area contributed by atoms with Crippen LogP contribution in [0.3, 0.4) is 0 Å². The number of methoxy groups -OCH3 is 1. The third-order valence-electron chi connectivity index (χ3n) is 5.85. The lowest BCUT2D eigenvalue weighted by atomic mass is 9.86. The van der Waals surface area contributed by atoms with E-state index in [4.69, 9.17) is 4.74 Å². The molecule has 5 aromatic carbocycles. The second-order valence-electron chi connectivity index (χ2n) is 7.70. The van der Waals surface area contributed by atoms with E-state index in [1.807, 2.05) is 48.5 Å². The lowest BCUT2D eigenvalue weighted by Crippen LogP contribution is -2.03. The summed E-state index contributed by atoms with van der Waals surface area (Å²) in [6, 6.07) is 34.5. The summed E-state index contributed by atoms with van der Waals surface area (Å²) in [6.45, 7) is 0. The van der Waals surface area contributed by atoms with Gasteiger partial charge in [0.1, 0.15) is 11.5 Å². The summed E-state index contributed by atoms with van der Waals surface area (Å²) in [5.41, 5.74) is 6.13. The molecule has 0 aliphatic carbocycles. The number of hydrogen-bond acceptors (Lipinski definition) is 2. The number of hydrogen-bond donors (Lipinski definition) is 1. The van der Waals surface area contributed by atoms with Crippen molar-refractivity contribution in [1.29, 1.82) is 0 Å². The van der Waals surface area contributed by atoms with Crippen molar-refractivity contribution in [1.82, 2.24) is 0 Å². The Kier molecular flexibility index (Phi) is 5.39. The first-order valence-electron chi connectivity index (χ1n) is 10.5. The number of rotatable bonds is 4. The Hall–Kier alpha value is -3.61. The average molecular weight is 434 g/mol. The molecule has 1 unspecified atom stereocenters. The van der Waals surface area contributed by atoms with Crippen molar-refractivity contribution in [3.8, 4) is 44.9 Å². The highest BCUT2D eigenvalue weighted by molar-refractivity contribution is 7.28. The maximum atomic E-state index is 10.8. The van der Waals surface area contributed by atoms with Crippen molar-refractivity contribution >= 4 is 25.3 Å². The van der Waals surface area contributed by atoms with Crippen LogP contribution in [0.5, 0.6) is 11.5 Å². The zero-order valence-electron chi connectivity index (χ0n) is 17.7. The highest BCUT2D eigenvalue weighted by Crippen LogP contribution is 2.45. The standard InChI is InChI=1S/C29H23O2P/c1-31-26-17-9-7-13-22(26)21-12-4-5-14-23(21)29-27(32)18-19-10-2-3-11-20(19)28(29)24-15-6-8-16-25(24)30/h2-18,30H,32H2,1H3. The third-order valence-corrected chi connectivity index (χ3v) is 6.30. The molecule has 1 N–H and O–H groups in total. The summed E-state index contributed by atoms with van der Waals surface area (Å²) in [5.74, 6) is 1.10. The minimum absolute atomic E-state index is 0.268. The van der Waals surface area contributed by atoms with Crippen LogP contribution in [-0.4, -0.2) is 12.2 Å². The van der Waals surface area contributed by atoms with Gasteiger partial charge in [0, 0.05) is 16.7 Å². The van der Waals surface area contributed by atoms with Gasteiger partial charge in [-0.25, -0.2) is 0 Å². The van der Waals surface area contributed by atoms with Gasteiger partial charge in [0.05, 0.1) is 7.11 Å². The zero-order valence-corrected chi connectivity index (χ0v) is 18.9. The van der Waals surface area contributed by atoms with E-state index in [1.54, 1.807) is 13.2 Å². The molecular weight excluding hydrogens is 411 g/mol. The maximum absolute atomic E-state index is 10.8. The van der Waals surface area contributed by atoms with E-state index in [1.165, 1.54) is 0 Å². The SMILES string of the molecule is COc1ccccc1-c1ccccc1-c1c(P)cc2ccccc2c1-c1ccccc1O. The van der Waals surface area contributed by atoms with Crippen molar-refractivity contribution in [3.05, 3.63) is 103 Å². The number of aromatic hydroxyl groups is 1. The molecule has 0 bridgehead atoms. The largest absolute Gasteiger partial charge is 0.507 e. The van der Waals surface area contributed by atoms with Gasteiger partial charge in [-0.3, -0.25) is 0 Å². The summed E-state index contributed by atoms with van der Waals surface area (Å²) in [7, 11) is 4.60. The van der Waals surface area contributed by atoms with Gasteiger partial charge in [0.2, 0.25) is 0 Å². The van der Waals surface area contributed by atoms with E-state index in [-0.39, 0.29) is 5.75 Å². The molecule has 0 heterocycles. The van der Waals surface area contributed by atoms with Crippen LogP contribution < -0.4 is 10.0 Å². The van der Waals surface area contributed by atoms with E-state index < -0.39 is 0 Å². The molecule has 1 atom stereocenters. The van der Waals surface area contributed by atoms with Crippen LogP contribution in [0.15, 0.2) is 103 Å². The Labute approximate surface area is 190 Å². The van der Waals surface area contributed by atoms with Crippen LogP contribution >= 0.6 is 9.24 Å². The average Bonchev–Trinajstić information content (AvgIpc) is 2.84. The van der Waals surface area contributed by atoms with Crippen molar-refractivity contribution in [2.24, 2.45) is 0 Å². The van der Waals surface area contributed by atoms with E-state index >= 15 is 0 Å². The molecule has 0 aromatic heterocycles. The van der Waals surface area contributed by atoms with Gasteiger partial charge in [-0.05, 0) is 51.0 Å². The van der Waals surface area contributed by atoms with E-state index in [9.17, 15) is 5.11 Å². The first-order chi connectivity index (χ1) is 15.7. The lowest BCUT2D eigenvalue weighted by Gasteiger charge is -2.21. The molecule has 0 saturated carbocycles. The summed E-state index contributed by atoms with van der Waals surface area (Å²) < 4.78 is 5.68. The molecule has 0 aliphatic heterocycles. The molecule has 3 heteroatoms. The van der Waals surface area contributed by atoms with E-state index in [0.717, 1.165) is 55.2 Å². The molecule has 32 heavy (non-hydrogen) atoms. The molecule has 156 valence electrons. The molecule has 0 amide bonds. The Morgan fingerprint density at radius 3 is 1.97 bits per heavy atom. The van der Waals surface area contributed by atoms with E-state index in [0.29, 0.717) is 0 Å². The summed E-state index contributed by atoms with van der Waals surface area (Å²) in [4.78, 5) is 0. The second kappa shape index (κ2) is 8.49. The molecule has 5 aromatic rings. The Bertz CT molecular complexity index is 1440. The lowest BCUT2D eigenvalue weighted by molar-refractivity contribution is 0.416. The normalized spacial score (nSPS) is 10.9. The zero-order chi connectivity index (χ0) is 22.1. The Morgan fingerprint density at radius 2 is 1.22 bits per heavy atom. The quantitative estimate of drug-likeness (QED) is 0.307. The molecule has 0 fully saturated rings. The molecule has 0 radical (unpaired) electrons. The number of ether oxygens (including phenoxy) is 1. The number of phenols is 1. The van der Waals surface area contributed by atoms with Crippen LogP contribution in [0, 0.1) is 0 Å². The number of fused-ring (bicyclic) bond motifs is 1. The van der Waals surface area contributed by atoms with Gasteiger partial charge >= 0.3 is 0 Å². The summed E-state index contributed by atoms with van der Waals surface area (Å²) >= 11 is 0. The monoisotopic (exact) mass is 434 g/mol. The first kappa shape index (κ1) is 20.3. The summed E-state index contributed by atoms with van der Waals surface area (Å²) in [5, 5.41) is 14.1. The highest BCUT2D eigenvalue weighted by Gasteiger charge is 2.20. The third kappa shape index (κ3) is 3.43. The Morgan fingerprint density at radius 1 is 0.625 bits per heavy atom. The highest BCUT2D eigenvalue weighted by atomic mass is 31.0. The minimum Gasteiger partial charge on any atom is -0.507 e. The van der Waals surface area contributed by atoms with Gasteiger partial charge < -0.3 is 9.84 Å². The fraction of sp³-hybridized carbons (Fsp3) is 0.0345. The molecule has 5 rings (SSSR count). The smallest absolute Gasteiger partial charge is 0.126 e. The predicted molar refractivity (Wildman–Crippen MR) is 138 cm³/mol.